The van der Waals surface area contributed by atoms with Crippen molar-refractivity contribution in [1.29, 1.82) is 0 Å². The van der Waals surface area contributed by atoms with E-state index in [2.05, 4.69) is 0 Å². The normalized spacial score (nSPS) is 18.3. The van der Waals surface area contributed by atoms with Crippen LogP contribution in [0.3, 0.4) is 0 Å². The van der Waals surface area contributed by atoms with Crippen molar-refractivity contribution < 1.29 is 21.5 Å². The molecule has 0 fully saturated rings. The molecule has 2 atom stereocenters. The van der Waals surface area contributed by atoms with Crippen LogP contribution in [0.15, 0.2) is 0 Å². The van der Waals surface area contributed by atoms with Gasteiger partial charge >= 0.3 is 0 Å². The Kier molecular flexibility index (Phi) is 3.28. The second-order valence-electron chi connectivity index (χ2n) is 1.67. The maximum atomic E-state index is 9.99. The lowest BCUT2D eigenvalue weighted by Gasteiger charge is -2.11. The first kappa shape index (κ1) is 6.67. The molecule has 0 saturated heterocycles. The standard InChI is InChI=1S/C5H10O4/c6-2-1-4(8)5(9)3-7/h2,4-5,7-9H,1,3H2/i2D. The first-order valence-corrected chi connectivity index (χ1v) is 2.54. The lowest BCUT2D eigenvalue weighted by atomic mass is 10.2. The molecule has 4 heteroatoms. The van der Waals surface area contributed by atoms with Crippen LogP contribution in [-0.4, -0.2) is 40.4 Å². The van der Waals surface area contributed by atoms with Gasteiger partial charge < -0.3 is 20.1 Å². The molecule has 0 bridgehead atoms. The number of rotatable bonds is 4. The van der Waals surface area contributed by atoms with E-state index in [0.717, 1.165) is 0 Å². The Bertz CT molecular complexity index is 116. The van der Waals surface area contributed by atoms with Crippen LogP contribution >= 0.6 is 0 Å². The first-order chi connectivity index (χ1) is 4.57. The summed E-state index contributed by atoms with van der Waals surface area (Å²) in [5.41, 5.74) is 0. The fraction of sp³-hybridized carbons (Fsp3) is 0.800. The van der Waals surface area contributed by atoms with E-state index in [0.29, 0.717) is 0 Å². The van der Waals surface area contributed by atoms with Crippen molar-refractivity contribution in [1.82, 2.24) is 0 Å². The number of aldehydes is 1. The molecule has 0 saturated carbocycles. The summed E-state index contributed by atoms with van der Waals surface area (Å²) in [5.74, 6) is 0. The van der Waals surface area contributed by atoms with Gasteiger partial charge in [0.05, 0.1) is 12.7 Å². The fourth-order valence-electron chi connectivity index (χ4n) is 0.343. The van der Waals surface area contributed by atoms with E-state index in [9.17, 15) is 4.79 Å². The van der Waals surface area contributed by atoms with Gasteiger partial charge in [-0.1, -0.05) is 0 Å². The Morgan fingerprint density at radius 1 is 1.56 bits per heavy atom. The topological polar surface area (TPSA) is 77.8 Å². The molecular weight excluding hydrogens is 124 g/mol. The summed E-state index contributed by atoms with van der Waals surface area (Å²) in [5, 5.41) is 25.6. The van der Waals surface area contributed by atoms with Crippen molar-refractivity contribution in [3.8, 4) is 0 Å². The van der Waals surface area contributed by atoms with Gasteiger partial charge in [0.1, 0.15) is 13.7 Å². The van der Waals surface area contributed by atoms with Gasteiger partial charge in [0, 0.05) is 6.42 Å². The van der Waals surface area contributed by atoms with Crippen LogP contribution in [0.2, 0.25) is 0 Å². The lowest BCUT2D eigenvalue weighted by molar-refractivity contribution is -0.111. The monoisotopic (exact) mass is 135 g/mol. The number of carbonyl (C=O) groups is 1. The minimum Gasteiger partial charge on any atom is -0.394 e. The molecule has 0 aromatic rings. The van der Waals surface area contributed by atoms with Crippen molar-refractivity contribution in [3.63, 3.8) is 0 Å². The van der Waals surface area contributed by atoms with Gasteiger partial charge in [-0.15, -0.1) is 0 Å². The second-order valence-corrected chi connectivity index (χ2v) is 1.67. The lowest BCUT2D eigenvalue weighted by Crippen LogP contribution is -2.29. The van der Waals surface area contributed by atoms with Crippen molar-refractivity contribution in [3.05, 3.63) is 0 Å². The molecular formula is C5H10O4. The zero-order chi connectivity index (χ0) is 8.15. The average Bonchev–Trinajstić information content (AvgIpc) is 1.85. The van der Waals surface area contributed by atoms with Crippen molar-refractivity contribution in [2.24, 2.45) is 0 Å². The van der Waals surface area contributed by atoms with Crippen LogP contribution in [-0.2, 0) is 4.79 Å². The van der Waals surface area contributed by atoms with Crippen molar-refractivity contribution in [2.45, 2.75) is 18.6 Å². The van der Waals surface area contributed by atoms with Gasteiger partial charge in [-0.3, -0.25) is 0 Å². The maximum absolute atomic E-state index is 9.99. The van der Waals surface area contributed by atoms with E-state index >= 15 is 0 Å². The van der Waals surface area contributed by atoms with E-state index in [4.69, 9.17) is 16.7 Å². The third-order valence-electron chi connectivity index (χ3n) is 0.924. The van der Waals surface area contributed by atoms with Crippen LogP contribution in [0.4, 0.5) is 0 Å². The molecule has 54 valence electrons. The molecule has 0 aliphatic heterocycles. The van der Waals surface area contributed by atoms with Gasteiger partial charge in [-0.05, 0) is 0 Å². The van der Waals surface area contributed by atoms with Gasteiger partial charge in [0.2, 0.25) is 0 Å². The molecule has 2 unspecified atom stereocenters. The average molecular weight is 135 g/mol. The summed E-state index contributed by atoms with van der Waals surface area (Å²) in [6.07, 6.45) is -4.05. The molecule has 0 aliphatic carbocycles. The zero-order valence-corrected chi connectivity index (χ0v) is 4.82. The summed E-state index contributed by atoms with van der Waals surface area (Å²) in [6, 6.07) is 0. The smallest absolute Gasteiger partial charge is 0.122 e. The molecule has 9 heavy (non-hydrogen) atoms. The molecule has 0 aromatic heterocycles. The number of aliphatic hydroxyl groups excluding tert-OH is 3. The highest BCUT2D eigenvalue weighted by atomic mass is 16.4. The number of hydrogen-bond acceptors (Lipinski definition) is 4. The summed E-state index contributed by atoms with van der Waals surface area (Å²) in [7, 11) is 0. The van der Waals surface area contributed by atoms with E-state index in [1.165, 1.54) is 0 Å². The van der Waals surface area contributed by atoms with Gasteiger partial charge in [0.15, 0.2) is 0 Å². The molecule has 3 N–H and O–H groups in total. The minimum absolute atomic E-state index is 0.443. The summed E-state index contributed by atoms with van der Waals surface area (Å²) >= 11 is 0. The summed E-state index contributed by atoms with van der Waals surface area (Å²) in [6.45, 7) is -0.603. The Morgan fingerprint density at radius 2 is 2.11 bits per heavy atom. The molecule has 0 radical (unpaired) electrons. The first-order valence-electron chi connectivity index (χ1n) is 3.04. The van der Waals surface area contributed by atoms with Crippen LogP contribution in [0.1, 0.15) is 7.79 Å². The highest BCUT2D eigenvalue weighted by molar-refractivity contribution is 5.50. The Hall–Kier alpha value is -0.450. The molecule has 0 aromatic carbocycles. The third-order valence-corrected chi connectivity index (χ3v) is 0.924. The van der Waals surface area contributed by atoms with Crippen LogP contribution in [0.5, 0.6) is 0 Å². The quantitative estimate of drug-likeness (QED) is 0.401. The predicted molar refractivity (Wildman–Crippen MR) is 29.8 cm³/mol. The van der Waals surface area contributed by atoms with Crippen molar-refractivity contribution in [2.75, 3.05) is 6.61 Å². The van der Waals surface area contributed by atoms with E-state index in [1.54, 1.807) is 0 Å². The van der Waals surface area contributed by atoms with Crippen molar-refractivity contribution >= 4 is 6.26 Å². The van der Waals surface area contributed by atoms with Gasteiger partial charge in [0.25, 0.3) is 0 Å². The second kappa shape index (κ2) is 4.43. The zero-order valence-electron chi connectivity index (χ0n) is 5.82. The fourth-order valence-corrected chi connectivity index (χ4v) is 0.343. The van der Waals surface area contributed by atoms with Crippen LogP contribution in [0.25, 0.3) is 0 Å². The van der Waals surface area contributed by atoms with Crippen LogP contribution in [0, 0.1) is 0 Å². The number of carbonyl (C=O) groups excluding carboxylic acids is 1. The highest BCUT2D eigenvalue weighted by Gasteiger charge is 2.13. The number of aliphatic hydroxyl groups is 3. The molecule has 0 rings (SSSR count). The van der Waals surface area contributed by atoms with Crippen LogP contribution < -0.4 is 0 Å². The van der Waals surface area contributed by atoms with E-state index in [1.807, 2.05) is 0 Å². The highest BCUT2D eigenvalue weighted by Crippen LogP contribution is 1.94. The largest absolute Gasteiger partial charge is 0.394 e. The number of hydrogen-bond donors (Lipinski definition) is 3. The molecule has 0 heterocycles. The Labute approximate surface area is 54.1 Å². The molecule has 4 nitrogen and oxygen atoms in total. The molecule has 0 spiro atoms. The summed E-state index contributed by atoms with van der Waals surface area (Å²) < 4.78 is 6.38. The van der Waals surface area contributed by atoms with Gasteiger partial charge in [-0.25, -0.2) is 0 Å². The third kappa shape index (κ3) is 3.18. The maximum Gasteiger partial charge on any atom is 0.122 e. The molecule has 0 amide bonds. The Balaban J connectivity index is 3.61. The SMILES string of the molecule is [2H]C(=O)CC(O)C(O)CO. The predicted octanol–water partition coefficient (Wildman–Crippen LogP) is -1.71. The molecule has 0 aliphatic rings. The minimum atomic E-state index is -1.32. The van der Waals surface area contributed by atoms with E-state index < -0.39 is 31.5 Å². The van der Waals surface area contributed by atoms with E-state index in [-0.39, 0.29) is 0 Å². The summed E-state index contributed by atoms with van der Waals surface area (Å²) in [4.78, 5) is 9.99. The Morgan fingerprint density at radius 3 is 2.44 bits per heavy atom. The van der Waals surface area contributed by atoms with Gasteiger partial charge in [-0.2, -0.15) is 0 Å².